The van der Waals surface area contributed by atoms with Crippen LogP contribution in [0.5, 0.6) is 0 Å². The molecule has 0 aliphatic rings. The molecule has 0 fully saturated rings. The highest BCUT2D eigenvalue weighted by Gasteiger charge is 2.21. The largest absolute Gasteiger partial charge is 0.452 e. The van der Waals surface area contributed by atoms with Crippen LogP contribution in [0, 0.1) is 11.3 Å². The quantitative estimate of drug-likeness (QED) is 0.531. The molecule has 0 atom stereocenters. The molecule has 2 aromatic rings. The Balaban J connectivity index is 2.01. The molecule has 1 N–H and O–H groups in total. The van der Waals surface area contributed by atoms with Crippen molar-refractivity contribution < 1.29 is 22.7 Å². The van der Waals surface area contributed by atoms with Crippen LogP contribution in [0.15, 0.2) is 59.5 Å². The summed E-state index contributed by atoms with van der Waals surface area (Å²) in [6.45, 7) is -0.310. The van der Waals surface area contributed by atoms with Gasteiger partial charge in [-0.15, -0.1) is 0 Å². The van der Waals surface area contributed by atoms with Crippen molar-refractivity contribution in [2.75, 3.05) is 24.5 Å². The van der Waals surface area contributed by atoms with Crippen molar-refractivity contribution in [2.45, 2.75) is 11.3 Å². The van der Waals surface area contributed by atoms with E-state index >= 15 is 0 Å². The Morgan fingerprint density at radius 2 is 1.75 bits per heavy atom. The minimum absolute atomic E-state index is 0.0182. The highest BCUT2D eigenvalue weighted by molar-refractivity contribution is 7.92. The molecule has 0 radical (unpaired) electrons. The number of rotatable bonds is 8. The Kier molecular flexibility index (Phi) is 7.12. The monoisotopic (exact) mass is 401 g/mol. The van der Waals surface area contributed by atoms with E-state index in [1.54, 1.807) is 30.3 Å². The standard InChI is InChI=1S/C19H19N3O5S/c1-22(16-6-3-2-4-7-16)28(25,26)17-10-8-15(9-11-17)19(24)27-14-18(23)21-13-5-12-20/h2-4,6-11H,5,13-14H2,1H3,(H,21,23). The van der Waals surface area contributed by atoms with Gasteiger partial charge in [0.1, 0.15) is 0 Å². The Morgan fingerprint density at radius 3 is 2.36 bits per heavy atom. The van der Waals surface area contributed by atoms with Crippen molar-refractivity contribution >= 4 is 27.6 Å². The number of hydrogen-bond acceptors (Lipinski definition) is 6. The van der Waals surface area contributed by atoms with Gasteiger partial charge in [0, 0.05) is 13.6 Å². The second kappa shape index (κ2) is 9.53. The van der Waals surface area contributed by atoms with Gasteiger partial charge in [-0.3, -0.25) is 9.10 Å². The first kappa shape index (κ1) is 20.9. The van der Waals surface area contributed by atoms with E-state index in [0.717, 1.165) is 4.31 Å². The van der Waals surface area contributed by atoms with E-state index in [0.29, 0.717) is 5.69 Å². The van der Waals surface area contributed by atoms with Crippen LogP contribution in [0.4, 0.5) is 5.69 Å². The summed E-state index contributed by atoms with van der Waals surface area (Å²) in [5, 5.41) is 10.8. The molecule has 0 bridgehead atoms. The molecule has 1 amide bonds. The Bertz CT molecular complexity index is 967. The smallest absolute Gasteiger partial charge is 0.338 e. The maximum atomic E-state index is 12.7. The molecule has 2 aromatic carbocycles. The number of nitriles is 1. The van der Waals surface area contributed by atoms with Gasteiger partial charge >= 0.3 is 5.97 Å². The predicted molar refractivity (Wildman–Crippen MR) is 102 cm³/mol. The van der Waals surface area contributed by atoms with Crippen LogP contribution in [-0.2, 0) is 19.6 Å². The molecule has 28 heavy (non-hydrogen) atoms. The van der Waals surface area contributed by atoms with E-state index < -0.39 is 28.5 Å². The molecule has 9 heteroatoms. The van der Waals surface area contributed by atoms with Crippen molar-refractivity contribution in [3.05, 3.63) is 60.2 Å². The van der Waals surface area contributed by atoms with Crippen molar-refractivity contribution in [3.8, 4) is 6.07 Å². The molecule has 0 spiro atoms. The number of para-hydroxylation sites is 1. The van der Waals surface area contributed by atoms with Gasteiger partial charge in [-0.05, 0) is 36.4 Å². The molecule has 0 saturated heterocycles. The van der Waals surface area contributed by atoms with Crippen LogP contribution in [0.1, 0.15) is 16.8 Å². The van der Waals surface area contributed by atoms with Crippen LogP contribution < -0.4 is 9.62 Å². The number of nitrogens with one attached hydrogen (secondary N) is 1. The molecule has 2 rings (SSSR count). The molecule has 146 valence electrons. The minimum Gasteiger partial charge on any atom is -0.452 e. The molecule has 0 aromatic heterocycles. The topological polar surface area (TPSA) is 117 Å². The lowest BCUT2D eigenvalue weighted by Gasteiger charge is -2.19. The summed E-state index contributed by atoms with van der Waals surface area (Å²) >= 11 is 0. The van der Waals surface area contributed by atoms with Crippen LogP contribution in [0.2, 0.25) is 0 Å². The summed E-state index contributed by atoms with van der Waals surface area (Å²) in [6.07, 6.45) is 0.160. The van der Waals surface area contributed by atoms with Crippen molar-refractivity contribution in [1.82, 2.24) is 5.32 Å². The fourth-order valence-corrected chi connectivity index (χ4v) is 3.42. The van der Waals surface area contributed by atoms with E-state index in [-0.39, 0.29) is 23.4 Å². The zero-order chi connectivity index (χ0) is 20.6. The first-order valence-electron chi connectivity index (χ1n) is 8.31. The molecule has 0 unspecified atom stereocenters. The van der Waals surface area contributed by atoms with Crippen LogP contribution in [0.25, 0.3) is 0 Å². The van der Waals surface area contributed by atoms with Gasteiger partial charge in [0.25, 0.3) is 15.9 Å². The number of carbonyl (C=O) groups excluding carboxylic acids is 2. The number of sulfonamides is 1. The normalized spacial score (nSPS) is 10.6. The number of benzene rings is 2. The molecule has 0 heterocycles. The number of carbonyl (C=O) groups is 2. The molecular weight excluding hydrogens is 382 g/mol. The van der Waals surface area contributed by atoms with Gasteiger partial charge in [0.2, 0.25) is 0 Å². The summed E-state index contributed by atoms with van der Waals surface area (Å²) in [5.41, 5.74) is 0.625. The summed E-state index contributed by atoms with van der Waals surface area (Å²) in [6, 6.07) is 15.7. The third kappa shape index (κ3) is 5.31. The minimum atomic E-state index is -3.78. The second-order valence-corrected chi connectivity index (χ2v) is 7.64. The number of hydrogen-bond donors (Lipinski definition) is 1. The first-order valence-corrected chi connectivity index (χ1v) is 9.75. The summed E-state index contributed by atoms with van der Waals surface area (Å²) in [5.74, 6) is -1.27. The predicted octanol–water partition coefficient (Wildman–Crippen LogP) is 1.70. The average Bonchev–Trinajstić information content (AvgIpc) is 2.72. The summed E-state index contributed by atoms with van der Waals surface area (Å²) in [7, 11) is -2.34. The highest BCUT2D eigenvalue weighted by atomic mass is 32.2. The number of anilines is 1. The Labute approximate surface area is 163 Å². The third-order valence-electron chi connectivity index (χ3n) is 3.76. The molecule has 0 saturated carbocycles. The Hall–Kier alpha value is -3.38. The number of esters is 1. The third-order valence-corrected chi connectivity index (χ3v) is 5.56. The fourth-order valence-electron chi connectivity index (χ4n) is 2.22. The molecule has 8 nitrogen and oxygen atoms in total. The van der Waals surface area contributed by atoms with Crippen LogP contribution >= 0.6 is 0 Å². The van der Waals surface area contributed by atoms with E-state index in [9.17, 15) is 18.0 Å². The fraction of sp³-hybridized carbons (Fsp3) is 0.211. The lowest BCUT2D eigenvalue weighted by Crippen LogP contribution is -2.29. The molecular formula is C19H19N3O5S. The highest BCUT2D eigenvalue weighted by Crippen LogP contribution is 2.22. The zero-order valence-electron chi connectivity index (χ0n) is 15.2. The van der Waals surface area contributed by atoms with E-state index in [1.807, 2.05) is 6.07 Å². The van der Waals surface area contributed by atoms with Gasteiger partial charge in [-0.2, -0.15) is 5.26 Å². The molecule has 0 aliphatic heterocycles. The lowest BCUT2D eigenvalue weighted by molar-refractivity contribution is -0.124. The number of ether oxygens (including phenoxy) is 1. The van der Waals surface area contributed by atoms with Gasteiger partial charge in [0.05, 0.1) is 28.6 Å². The van der Waals surface area contributed by atoms with E-state index in [4.69, 9.17) is 10.00 Å². The van der Waals surface area contributed by atoms with Crippen LogP contribution in [0.3, 0.4) is 0 Å². The van der Waals surface area contributed by atoms with Crippen molar-refractivity contribution in [2.24, 2.45) is 0 Å². The van der Waals surface area contributed by atoms with Gasteiger partial charge in [0.15, 0.2) is 6.61 Å². The summed E-state index contributed by atoms with van der Waals surface area (Å²) < 4.78 is 31.4. The second-order valence-electron chi connectivity index (χ2n) is 5.67. The van der Waals surface area contributed by atoms with Gasteiger partial charge in [-0.1, -0.05) is 18.2 Å². The zero-order valence-corrected chi connectivity index (χ0v) is 16.0. The summed E-state index contributed by atoms with van der Waals surface area (Å²) in [4.78, 5) is 23.5. The van der Waals surface area contributed by atoms with Crippen molar-refractivity contribution in [3.63, 3.8) is 0 Å². The van der Waals surface area contributed by atoms with E-state index in [2.05, 4.69) is 5.32 Å². The average molecular weight is 401 g/mol. The SMILES string of the molecule is CN(c1ccccc1)S(=O)(=O)c1ccc(C(=O)OCC(=O)NCCC#N)cc1. The number of nitrogens with zero attached hydrogens (tertiary/aromatic N) is 2. The maximum absolute atomic E-state index is 12.7. The van der Waals surface area contributed by atoms with Gasteiger partial charge in [-0.25, -0.2) is 13.2 Å². The van der Waals surface area contributed by atoms with Crippen molar-refractivity contribution in [1.29, 1.82) is 5.26 Å². The number of amides is 1. The first-order chi connectivity index (χ1) is 13.4. The van der Waals surface area contributed by atoms with Crippen LogP contribution in [-0.4, -0.2) is 40.5 Å². The van der Waals surface area contributed by atoms with E-state index in [1.165, 1.54) is 31.3 Å². The lowest BCUT2D eigenvalue weighted by atomic mass is 10.2. The molecule has 0 aliphatic carbocycles. The van der Waals surface area contributed by atoms with Gasteiger partial charge < -0.3 is 10.1 Å². The Morgan fingerprint density at radius 1 is 1.11 bits per heavy atom. The maximum Gasteiger partial charge on any atom is 0.338 e.